The summed E-state index contributed by atoms with van der Waals surface area (Å²) in [5.41, 5.74) is 0.971. The topological polar surface area (TPSA) is 111 Å². The Morgan fingerprint density at radius 2 is 2.11 bits per heavy atom. The first-order chi connectivity index (χ1) is 13.5. The molecule has 28 heavy (non-hydrogen) atoms. The Hall–Kier alpha value is -3.62. The summed E-state index contributed by atoms with van der Waals surface area (Å²) in [4.78, 5) is 36.1. The highest BCUT2D eigenvalue weighted by Crippen LogP contribution is 2.34. The lowest BCUT2D eigenvalue weighted by Crippen LogP contribution is -2.25. The van der Waals surface area contributed by atoms with Gasteiger partial charge in [-0.1, -0.05) is 6.07 Å². The van der Waals surface area contributed by atoms with Gasteiger partial charge >= 0.3 is 0 Å². The Balaban J connectivity index is 1.66. The van der Waals surface area contributed by atoms with E-state index in [2.05, 4.69) is 5.32 Å². The average Bonchev–Trinajstić information content (AvgIpc) is 3.12. The number of nitro benzene ring substituents is 1. The molecule has 1 aliphatic heterocycles. The van der Waals surface area contributed by atoms with Gasteiger partial charge in [0, 0.05) is 24.7 Å². The predicted molar refractivity (Wildman–Crippen MR) is 102 cm³/mol. The Labute approximate surface area is 161 Å². The molecule has 1 heterocycles. The van der Waals surface area contributed by atoms with Crippen molar-refractivity contribution in [2.24, 2.45) is 0 Å². The predicted octanol–water partition coefficient (Wildman–Crippen LogP) is 2.75. The smallest absolute Gasteiger partial charge is 0.273 e. The third-order valence-corrected chi connectivity index (χ3v) is 4.23. The maximum absolute atomic E-state index is 12.2. The molecule has 1 N–H and O–H groups in total. The molecule has 9 nitrogen and oxygen atoms in total. The first-order valence-corrected chi connectivity index (χ1v) is 8.63. The number of ether oxygens (including phenoxy) is 2. The Morgan fingerprint density at radius 1 is 1.29 bits per heavy atom. The summed E-state index contributed by atoms with van der Waals surface area (Å²) in [6.45, 7) is 0.285. The maximum atomic E-state index is 12.2. The van der Waals surface area contributed by atoms with Crippen molar-refractivity contribution in [1.29, 1.82) is 0 Å². The van der Waals surface area contributed by atoms with Crippen LogP contribution in [0.4, 0.5) is 17.1 Å². The van der Waals surface area contributed by atoms with Crippen molar-refractivity contribution >= 4 is 28.9 Å². The van der Waals surface area contributed by atoms with E-state index in [4.69, 9.17) is 9.47 Å². The molecule has 1 saturated heterocycles. The average molecular weight is 385 g/mol. The largest absolute Gasteiger partial charge is 0.495 e. The number of amides is 2. The van der Waals surface area contributed by atoms with Crippen molar-refractivity contribution in [3.8, 4) is 11.5 Å². The fourth-order valence-corrected chi connectivity index (χ4v) is 2.91. The second-order valence-corrected chi connectivity index (χ2v) is 6.13. The summed E-state index contributed by atoms with van der Waals surface area (Å²) in [6.07, 6.45) is 1.26. The molecule has 1 aliphatic rings. The van der Waals surface area contributed by atoms with Crippen LogP contribution in [0.1, 0.15) is 12.8 Å². The minimum Gasteiger partial charge on any atom is -0.495 e. The summed E-state index contributed by atoms with van der Waals surface area (Å²) in [5.74, 6) is 0.342. The van der Waals surface area contributed by atoms with E-state index >= 15 is 0 Å². The molecule has 9 heteroatoms. The van der Waals surface area contributed by atoms with Crippen molar-refractivity contribution in [3.63, 3.8) is 0 Å². The molecule has 2 aromatic carbocycles. The molecular weight excluding hydrogens is 366 g/mol. The number of carbonyl (C=O) groups is 2. The van der Waals surface area contributed by atoms with Gasteiger partial charge in [0.1, 0.15) is 11.5 Å². The van der Waals surface area contributed by atoms with Gasteiger partial charge in [0.2, 0.25) is 5.91 Å². The minimum atomic E-state index is -0.536. The molecule has 0 spiro atoms. The molecule has 0 unspecified atom stereocenters. The van der Waals surface area contributed by atoms with Crippen molar-refractivity contribution in [3.05, 3.63) is 52.6 Å². The van der Waals surface area contributed by atoms with Crippen LogP contribution in [0.25, 0.3) is 0 Å². The highest BCUT2D eigenvalue weighted by atomic mass is 16.6. The second kappa shape index (κ2) is 8.38. The number of nitrogens with zero attached hydrogens (tertiary/aromatic N) is 2. The summed E-state index contributed by atoms with van der Waals surface area (Å²) >= 11 is 0. The molecule has 0 aliphatic carbocycles. The van der Waals surface area contributed by atoms with Gasteiger partial charge in [-0.25, -0.2) is 0 Å². The summed E-state index contributed by atoms with van der Waals surface area (Å²) < 4.78 is 10.6. The van der Waals surface area contributed by atoms with Crippen LogP contribution in [0.15, 0.2) is 42.5 Å². The normalized spacial score (nSPS) is 13.3. The highest BCUT2D eigenvalue weighted by molar-refractivity contribution is 5.98. The zero-order valence-electron chi connectivity index (χ0n) is 15.2. The molecule has 0 radical (unpaired) electrons. The van der Waals surface area contributed by atoms with Crippen molar-refractivity contribution in [2.45, 2.75) is 12.8 Å². The lowest BCUT2D eigenvalue weighted by atomic mass is 10.2. The quantitative estimate of drug-likeness (QED) is 0.579. The SMILES string of the molecule is COc1ccc(NC(=O)COc2cccc([N+](=O)[O-])c2)cc1N1CCCC1=O. The van der Waals surface area contributed by atoms with Crippen molar-refractivity contribution in [1.82, 2.24) is 0 Å². The molecule has 3 rings (SSSR count). The number of benzene rings is 2. The third kappa shape index (κ3) is 4.37. The number of anilines is 2. The van der Waals surface area contributed by atoms with Gasteiger partial charge in [-0.05, 0) is 30.7 Å². The number of nitrogens with one attached hydrogen (secondary N) is 1. The van der Waals surface area contributed by atoms with E-state index in [1.807, 2.05) is 0 Å². The number of carbonyl (C=O) groups excluding carboxylic acids is 2. The van der Waals surface area contributed by atoms with E-state index in [0.29, 0.717) is 30.1 Å². The van der Waals surface area contributed by atoms with E-state index in [9.17, 15) is 19.7 Å². The van der Waals surface area contributed by atoms with E-state index < -0.39 is 10.8 Å². The number of nitro groups is 1. The van der Waals surface area contributed by atoms with Gasteiger partial charge in [-0.15, -0.1) is 0 Å². The van der Waals surface area contributed by atoms with Gasteiger partial charge < -0.3 is 19.7 Å². The summed E-state index contributed by atoms with van der Waals surface area (Å²) in [7, 11) is 1.52. The van der Waals surface area contributed by atoms with Crippen LogP contribution in [0.2, 0.25) is 0 Å². The molecule has 1 fully saturated rings. The summed E-state index contributed by atoms with van der Waals surface area (Å²) in [6, 6.07) is 10.6. The molecule has 0 aromatic heterocycles. The molecule has 146 valence electrons. The van der Waals surface area contributed by atoms with Crippen LogP contribution < -0.4 is 19.7 Å². The fourth-order valence-electron chi connectivity index (χ4n) is 2.91. The van der Waals surface area contributed by atoms with Gasteiger partial charge in [0.25, 0.3) is 11.6 Å². The van der Waals surface area contributed by atoms with Crippen LogP contribution in [-0.4, -0.2) is 37.0 Å². The van der Waals surface area contributed by atoms with Crippen molar-refractivity contribution in [2.75, 3.05) is 30.5 Å². The zero-order chi connectivity index (χ0) is 20.1. The fraction of sp³-hybridized carbons (Fsp3) is 0.263. The van der Waals surface area contributed by atoms with Gasteiger partial charge in [0.15, 0.2) is 6.61 Å². The number of hydrogen-bond donors (Lipinski definition) is 1. The maximum Gasteiger partial charge on any atom is 0.273 e. The summed E-state index contributed by atoms with van der Waals surface area (Å²) in [5, 5.41) is 13.5. The van der Waals surface area contributed by atoms with Crippen molar-refractivity contribution < 1.29 is 24.0 Å². The van der Waals surface area contributed by atoms with Crippen LogP contribution in [0.3, 0.4) is 0 Å². The lowest BCUT2D eigenvalue weighted by Gasteiger charge is -2.20. The van der Waals surface area contributed by atoms with Gasteiger partial charge in [-0.3, -0.25) is 19.7 Å². The lowest BCUT2D eigenvalue weighted by molar-refractivity contribution is -0.384. The van der Waals surface area contributed by atoms with Crippen LogP contribution in [-0.2, 0) is 9.59 Å². The van der Waals surface area contributed by atoms with E-state index in [1.54, 1.807) is 23.1 Å². The second-order valence-electron chi connectivity index (χ2n) is 6.13. The number of rotatable bonds is 7. The number of non-ortho nitro benzene ring substituents is 1. The monoisotopic (exact) mass is 385 g/mol. The molecular formula is C19H19N3O6. The van der Waals surface area contributed by atoms with E-state index in [1.165, 1.54) is 31.4 Å². The third-order valence-electron chi connectivity index (χ3n) is 4.23. The Bertz CT molecular complexity index is 914. The molecule has 2 amide bonds. The van der Waals surface area contributed by atoms with Crippen LogP contribution in [0.5, 0.6) is 11.5 Å². The first-order valence-electron chi connectivity index (χ1n) is 8.63. The number of hydrogen-bond acceptors (Lipinski definition) is 6. The molecule has 0 atom stereocenters. The van der Waals surface area contributed by atoms with Gasteiger partial charge in [0.05, 0.1) is 23.8 Å². The Kier molecular flexibility index (Phi) is 5.73. The first kappa shape index (κ1) is 19.2. The molecule has 2 aromatic rings. The zero-order valence-corrected chi connectivity index (χ0v) is 15.2. The van der Waals surface area contributed by atoms with E-state index in [0.717, 1.165) is 6.42 Å². The van der Waals surface area contributed by atoms with Crippen LogP contribution in [0, 0.1) is 10.1 Å². The minimum absolute atomic E-state index is 0.00998. The highest BCUT2D eigenvalue weighted by Gasteiger charge is 2.25. The molecule has 0 bridgehead atoms. The Morgan fingerprint density at radius 3 is 2.79 bits per heavy atom. The van der Waals surface area contributed by atoms with Gasteiger partial charge in [-0.2, -0.15) is 0 Å². The standard InChI is InChI=1S/C19H19N3O6/c1-27-17-8-7-13(10-16(17)21-9-3-6-19(21)24)20-18(23)12-28-15-5-2-4-14(11-15)22(25)26/h2,4-5,7-8,10-11H,3,6,9,12H2,1H3,(H,20,23). The van der Waals surface area contributed by atoms with Crippen LogP contribution >= 0.6 is 0 Å². The molecule has 0 saturated carbocycles. The number of methoxy groups -OCH3 is 1. The van der Waals surface area contributed by atoms with E-state index in [-0.39, 0.29) is 24.0 Å².